The number of rotatable bonds is 7. The molecule has 0 aliphatic carbocycles. The maximum absolute atomic E-state index is 12.4. The van der Waals surface area contributed by atoms with E-state index in [4.69, 9.17) is 25.8 Å². The van der Waals surface area contributed by atoms with E-state index >= 15 is 0 Å². The molecular formula is C16H18ClNO5S. The molecule has 130 valence electrons. The standard InChI is InChI=1S/C16H18ClNO5S/c1-21-12-5-4-11(16(8-12)23-3)10-18-24(19,20)13-6-7-15(22-2)14(17)9-13/h4-9,18H,10H2,1-3H3. The number of hydrogen-bond donors (Lipinski definition) is 1. The quantitative estimate of drug-likeness (QED) is 0.810. The fraction of sp³-hybridized carbons (Fsp3) is 0.250. The first-order valence-electron chi connectivity index (χ1n) is 6.95. The fourth-order valence-corrected chi connectivity index (χ4v) is 3.42. The maximum Gasteiger partial charge on any atom is 0.240 e. The molecule has 0 radical (unpaired) electrons. The van der Waals surface area contributed by atoms with Crippen molar-refractivity contribution in [2.45, 2.75) is 11.4 Å². The Hall–Kier alpha value is -1.96. The Morgan fingerprint density at radius 1 is 0.958 bits per heavy atom. The number of methoxy groups -OCH3 is 3. The van der Waals surface area contributed by atoms with Gasteiger partial charge in [0.1, 0.15) is 17.2 Å². The van der Waals surface area contributed by atoms with Gasteiger partial charge in [-0.3, -0.25) is 0 Å². The minimum absolute atomic E-state index is 0.0563. The summed E-state index contributed by atoms with van der Waals surface area (Å²) in [6.07, 6.45) is 0. The highest BCUT2D eigenvalue weighted by Crippen LogP contribution is 2.28. The molecule has 2 aromatic rings. The van der Waals surface area contributed by atoms with Crippen molar-refractivity contribution in [2.24, 2.45) is 0 Å². The molecule has 0 fully saturated rings. The number of sulfonamides is 1. The summed E-state index contributed by atoms with van der Waals surface area (Å²) in [7, 11) is 0.795. The average Bonchev–Trinajstić information content (AvgIpc) is 2.59. The molecular weight excluding hydrogens is 354 g/mol. The van der Waals surface area contributed by atoms with Crippen LogP contribution in [0.1, 0.15) is 5.56 Å². The summed E-state index contributed by atoms with van der Waals surface area (Å²) in [4.78, 5) is 0.0563. The lowest BCUT2D eigenvalue weighted by molar-refractivity contribution is 0.390. The highest BCUT2D eigenvalue weighted by Gasteiger charge is 2.17. The molecule has 0 unspecified atom stereocenters. The van der Waals surface area contributed by atoms with Crippen molar-refractivity contribution in [3.8, 4) is 17.2 Å². The Labute approximate surface area is 146 Å². The van der Waals surface area contributed by atoms with Gasteiger partial charge in [0.25, 0.3) is 0 Å². The predicted molar refractivity (Wildman–Crippen MR) is 91.6 cm³/mol. The molecule has 0 atom stereocenters. The number of nitrogens with one attached hydrogen (secondary N) is 1. The molecule has 0 heterocycles. The summed E-state index contributed by atoms with van der Waals surface area (Å²) in [6, 6.07) is 9.43. The van der Waals surface area contributed by atoms with Crippen LogP contribution in [0.25, 0.3) is 0 Å². The van der Waals surface area contributed by atoms with E-state index < -0.39 is 10.0 Å². The number of benzene rings is 2. The predicted octanol–water partition coefficient (Wildman–Crippen LogP) is 2.84. The van der Waals surface area contributed by atoms with Crippen LogP contribution in [0, 0.1) is 0 Å². The van der Waals surface area contributed by atoms with Gasteiger partial charge in [-0.15, -0.1) is 0 Å². The first-order chi connectivity index (χ1) is 11.4. The van der Waals surface area contributed by atoms with Crippen LogP contribution in [0.5, 0.6) is 17.2 Å². The summed E-state index contributed by atoms with van der Waals surface area (Å²) < 4.78 is 42.7. The molecule has 0 saturated heterocycles. The molecule has 24 heavy (non-hydrogen) atoms. The second-order valence-electron chi connectivity index (χ2n) is 4.80. The van der Waals surface area contributed by atoms with Gasteiger partial charge >= 0.3 is 0 Å². The van der Waals surface area contributed by atoms with Gasteiger partial charge in [0.05, 0.1) is 31.2 Å². The van der Waals surface area contributed by atoms with Crippen LogP contribution < -0.4 is 18.9 Å². The minimum atomic E-state index is -3.72. The van der Waals surface area contributed by atoms with Crippen molar-refractivity contribution in [2.75, 3.05) is 21.3 Å². The van der Waals surface area contributed by atoms with Crippen molar-refractivity contribution < 1.29 is 22.6 Å². The molecule has 8 heteroatoms. The van der Waals surface area contributed by atoms with E-state index in [0.717, 1.165) is 0 Å². The molecule has 1 N–H and O–H groups in total. The topological polar surface area (TPSA) is 73.9 Å². The molecule has 0 saturated carbocycles. The van der Waals surface area contributed by atoms with Gasteiger partial charge in [0, 0.05) is 18.2 Å². The minimum Gasteiger partial charge on any atom is -0.497 e. The summed E-state index contributed by atoms with van der Waals surface area (Å²) >= 11 is 5.98. The van der Waals surface area contributed by atoms with Gasteiger partial charge in [-0.05, 0) is 24.3 Å². The second kappa shape index (κ2) is 7.74. The molecule has 6 nitrogen and oxygen atoms in total. The summed E-state index contributed by atoms with van der Waals surface area (Å²) in [5, 5.41) is 0.224. The Balaban J connectivity index is 2.20. The number of ether oxygens (including phenoxy) is 3. The lowest BCUT2D eigenvalue weighted by atomic mass is 10.2. The van der Waals surface area contributed by atoms with Crippen LogP contribution in [-0.4, -0.2) is 29.7 Å². The first kappa shape index (κ1) is 18.4. The molecule has 0 amide bonds. The van der Waals surface area contributed by atoms with Crippen LogP contribution in [-0.2, 0) is 16.6 Å². The maximum atomic E-state index is 12.4. The summed E-state index contributed by atoms with van der Waals surface area (Å²) in [5.41, 5.74) is 0.682. The van der Waals surface area contributed by atoms with E-state index in [0.29, 0.717) is 22.8 Å². The Kier molecular flexibility index (Phi) is 5.93. The third kappa shape index (κ3) is 4.11. The zero-order valence-corrected chi connectivity index (χ0v) is 15.1. The van der Waals surface area contributed by atoms with Crippen molar-refractivity contribution >= 4 is 21.6 Å². The summed E-state index contributed by atoms with van der Waals surface area (Å²) in [5.74, 6) is 1.57. The summed E-state index contributed by atoms with van der Waals surface area (Å²) in [6.45, 7) is 0.0686. The van der Waals surface area contributed by atoms with E-state index in [-0.39, 0.29) is 16.5 Å². The van der Waals surface area contributed by atoms with E-state index in [9.17, 15) is 8.42 Å². The highest BCUT2D eigenvalue weighted by atomic mass is 35.5. The highest BCUT2D eigenvalue weighted by molar-refractivity contribution is 7.89. The third-order valence-corrected chi connectivity index (χ3v) is 5.07. The van der Waals surface area contributed by atoms with Gasteiger partial charge in [-0.2, -0.15) is 0 Å². The van der Waals surface area contributed by atoms with Crippen LogP contribution >= 0.6 is 11.6 Å². The first-order valence-corrected chi connectivity index (χ1v) is 8.81. The Morgan fingerprint density at radius 2 is 1.67 bits per heavy atom. The van der Waals surface area contributed by atoms with Gasteiger partial charge in [0.15, 0.2) is 0 Å². The number of hydrogen-bond acceptors (Lipinski definition) is 5. The second-order valence-corrected chi connectivity index (χ2v) is 6.97. The largest absolute Gasteiger partial charge is 0.497 e. The van der Waals surface area contributed by atoms with Crippen LogP contribution in [0.2, 0.25) is 5.02 Å². The smallest absolute Gasteiger partial charge is 0.240 e. The molecule has 2 rings (SSSR count). The lowest BCUT2D eigenvalue weighted by Crippen LogP contribution is -2.23. The van der Waals surface area contributed by atoms with Crippen molar-refractivity contribution in [1.82, 2.24) is 4.72 Å². The zero-order chi connectivity index (χ0) is 17.7. The van der Waals surface area contributed by atoms with Crippen LogP contribution in [0.15, 0.2) is 41.3 Å². The fourth-order valence-electron chi connectivity index (χ4n) is 2.07. The van der Waals surface area contributed by atoms with Crippen LogP contribution in [0.3, 0.4) is 0 Å². The lowest BCUT2D eigenvalue weighted by Gasteiger charge is -2.12. The SMILES string of the molecule is COc1ccc(CNS(=O)(=O)c2ccc(OC)c(Cl)c2)c(OC)c1. The zero-order valence-electron chi connectivity index (χ0n) is 13.5. The van der Waals surface area contributed by atoms with Crippen LogP contribution in [0.4, 0.5) is 0 Å². The van der Waals surface area contributed by atoms with E-state index in [1.165, 1.54) is 32.4 Å². The van der Waals surface area contributed by atoms with Crippen molar-refractivity contribution in [3.05, 3.63) is 47.0 Å². The Bertz CT molecular complexity index is 823. The van der Waals surface area contributed by atoms with Crippen molar-refractivity contribution in [3.63, 3.8) is 0 Å². The van der Waals surface area contributed by atoms with E-state index in [1.54, 1.807) is 25.3 Å². The third-order valence-electron chi connectivity index (χ3n) is 3.38. The molecule has 0 aliphatic heterocycles. The van der Waals surface area contributed by atoms with Gasteiger partial charge in [-0.25, -0.2) is 13.1 Å². The number of halogens is 1. The van der Waals surface area contributed by atoms with Gasteiger partial charge < -0.3 is 14.2 Å². The Morgan fingerprint density at radius 3 is 2.25 bits per heavy atom. The molecule has 2 aromatic carbocycles. The average molecular weight is 372 g/mol. The van der Waals surface area contributed by atoms with Gasteiger partial charge in [0.2, 0.25) is 10.0 Å². The van der Waals surface area contributed by atoms with Crippen molar-refractivity contribution in [1.29, 1.82) is 0 Å². The van der Waals surface area contributed by atoms with Gasteiger partial charge in [-0.1, -0.05) is 17.7 Å². The monoisotopic (exact) mass is 371 g/mol. The van der Waals surface area contributed by atoms with E-state index in [2.05, 4.69) is 4.72 Å². The normalized spacial score (nSPS) is 11.2. The molecule has 0 bridgehead atoms. The molecule has 0 spiro atoms. The molecule has 0 aromatic heterocycles. The van der Waals surface area contributed by atoms with E-state index in [1.807, 2.05) is 0 Å². The molecule has 0 aliphatic rings.